The molecule has 0 saturated heterocycles. The van der Waals surface area contributed by atoms with E-state index in [9.17, 15) is 35.2 Å². The Hall–Kier alpha value is -1.69. The molecule has 0 aliphatic heterocycles. The third-order valence-corrected chi connectivity index (χ3v) is 3.39. The zero-order valence-electron chi connectivity index (χ0n) is 12.2. The van der Waals surface area contributed by atoms with Crippen molar-refractivity contribution >= 4 is 16.1 Å². The van der Waals surface area contributed by atoms with E-state index in [1.54, 1.807) is 0 Å². The van der Waals surface area contributed by atoms with Gasteiger partial charge in [-0.2, -0.15) is 30.4 Å². The number of hydrogen-bond acceptors (Lipinski definition) is 5. The van der Waals surface area contributed by atoms with Crippen LogP contribution >= 0.6 is 0 Å². The van der Waals surface area contributed by atoms with Crippen molar-refractivity contribution in [2.45, 2.75) is 36.8 Å². The van der Waals surface area contributed by atoms with Crippen LogP contribution in [-0.4, -0.2) is 43.1 Å². The molecule has 0 spiro atoms. The van der Waals surface area contributed by atoms with Gasteiger partial charge in [-0.1, -0.05) is 13.2 Å². The average molecular weight is 382 g/mol. The van der Waals surface area contributed by atoms with Gasteiger partial charge in [-0.15, -0.1) is 0 Å². The molecule has 0 heterocycles. The van der Waals surface area contributed by atoms with Gasteiger partial charge in [0, 0.05) is 6.42 Å². The zero-order chi connectivity index (χ0) is 19.2. The minimum Gasteiger partial charge on any atom is -0.494 e. The summed E-state index contributed by atoms with van der Waals surface area (Å²) in [5.41, 5.74) is 0. The Bertz CT molecular complexity index is 569. The van der Waals surface area contributed by atoms with E-state index in [0.717, 1.165) is 0 Å². The standard InChI is InChI=1S/C12H15F5O6S/c1-3-8(2)22-7-5-4-6-9(18)23-10(11(13,14)15)12(16,17)24(19,20)21/h3,10H,1-2,4-7H2,(H,19,20,21). The van der Waals surface area contributed by atoms with Gasteiger partial charge in [-0.3, -0.25) is 9.35 Å². The van der Waals surface area contributed by atoms with Gasteiger partial charge in [0.1, 0.15) is 5.76 Å². The first-order chi connectivity index (χ1) is 10.7. The van der Waals surface area contributed by atoms with Gasteiger partial charge in [0.2, 0.25) is 0 Å². The Labute approximate surface area is 134 Å². The van der Waals surface area contributed by atoms with Crippen LogP contribution in [0.1, 0.15) is 19.3 Å². The van der Waals surface area contributed by atoms with E-state index in [1.807, 2.05) is 0 Å². The fraction of sp³-hybridized carbons (Fsp3) is 0.583. The van der Waals surface area contributed by atoms with Crippen molar-refractivity contribution in [2.75, 3.05) is 6.61 Å². The number of unbranched alkanes of at least 4 members (excludes halogenated alkanes) is 1. The molecule has 24 heavy (non-hydrogen) atoms. The summed E-state index contributed by atoms with van der Waals surface area (Å²) < 4.78 is 101. The quantitative estimate of drug-likeness (QED) is 0.156. The maximum Gasteiger partial charge on any atom is 0.432 e. The first-order valence-corrected chi connectivity index (χ1v) is 7.72. The molecule has 0 saturated carbocycles. The van der Waals surface area contributed by atoms with Gasteiger partial charge in [0.15, 0.2) is 0 Å². The third kappa shape index (κ3) is 6.83. The van der Waals surface area contributed by atoms with Gasteiger partial charge in [0.05, 0.1) is 6.61 Å². The van der Waals surface area contributed by atoms with Crippen LogP contribution in [-0.2, 0) is 24.4 Å². The van der Waals surface area contributed by atoms with E-state index in [2.05, 4.69) is 17.9 Å². The molecule has 0 rings (SSSR count). The minimum absolute atomic E-state index is 0.0437. The number of halogens is 5. The summed E-state index contributed by atoms with van der Waals surface area (Å²) in [5, 5.41) is -5.73. The Morgan fingerprint density at radius 3 is 2.17 bits per heavy atom. The second-order valence-electron chi connectivity index (χ2n) is 4.42. The molecule has 0 aliphatic rings. The molecule has 140 valence electrons. The lowest BCUT2D eigenvalue weighted by molar-refractivity contribution is -0.259. The lowest BCUT2D eigenvalue weighted by Crippen LogP contribution is -2.52. The highest BCUT2D eigenvalue weighted by molar-refractivity contribution is 7.86. The monoisotopic (exact) mass is 382 g/mol. The van der Waals surface area contributed by atoms with E-state index in [1.165, 1.54) is 6.08 Å². The molecule has 0 aliphatic carbocycles. The molecule has 0 bridgehead atoms. The second kappa shape index (κ2) is 8.42. The van der Waals surface area contributed by atoms with E-state index in [-0.39, 0.29) is 25.2 Å². The number of ether oxygens (including phenoxy) is 2. The van der Waals surface area contributed by atoms with Crippen molar-refractivity contribution in [1.29, 1.82) is 0 Å². The van der Waals surface area contributed by atoms with Gasteiger partial charge in [-0.25, -0.2) is 0 Å². The molecule has 0 aromatic rings. The van der Waals surface area contributed by atoms with E-state index in [4.69, 9.17) is 9.29 Å². The normalized spacial score (nSPS) is 13.9. The second-order valence-corrected chi connectivity index (χ2v) is 5.92. The van der Waals surface area contributed by atoms with E-state index < -0.39 is 40.0 Å². The van der Waals surface area contributed by atoms with Crippen LogP contribution in [0, 0.1) is 0 Å². The fourth-order valence-corrected chi connectivity index (χ4v) is 1.74. The van der Waals surface area contributed by atoms with Crippen molar-refractivity contribution in [3.63, 3.8) is 0 Å². The highest BCUT2D eigenvalue weighted by Gasteiger charge is 2.65. The smallest absolute Gasteiger partial charge is 0.432 e. The molecule has 0 aromatic carbocycles. The number of carbonyl (C=O) groups is 1. The summed E-state index contributed by atoms with van der Waals surface area (Å²) in [5.74, 6) is -1.48. The number of rotatable bonds is 10. The lowest BCUT2D eigenvalue weighted by Gasteiger charge is -2.26. The maximum atomic E-state index is 13.1. The van der Waals surface area contributed by atoms with Crippen LogP contribution in [0.5, 0.6) is 0 Å². The maximum absolute atomic E-state index is 13.1. The van der Waals surface area contributed by atoms with E-state index in [0.29, 0.717) is 0 Å². The van der Waals surface area contributed by atoms with Crippen molar-refractivity contribution in [3.8, 4) is 0 Å². The molecular formula is C12H15F5O6S. The number of carbonyl (C=O) groups excluding carboxylic acids is 1. The number of esters is 1. The van der Waals surface area contributed by atoms with Gasteiger partial charge in [-0.05, 0) is 18.9 Å². The Morgan fingerprint density at radius 2 is 1.75 bits per heavy atom. The molecule has 0 amide bonds. The molecule has 1 N–H and O–H groups in total. The summed E-state index contributed by atoms with van der Waals surface area (Å²) in [6, 6.07) is 0. The predicted molar refractivity (Wildman–Crippen MR) is 71.6 cm³/mol. The summed E-state index contributed by atoms with van der Waals surface area (Å²) in [4.78, 5) is 11.2. The molecule has 12 heteroatoms. The minimum atomic E-state index is -6.44. The largest absolute Gasteiger partial charge is 0.494 e. The highest BCUT2D eigenvalue weighted by Crippen LogP contribution is 2.38. The van der Waals surface area contributed by atoms with Crippen LogP contribution in [0.2, 0.25) is 0 Å². The lowest BCUT2D eigenvalue weighted by atomic mass is 10.2. The summed E-state index contributed by atoms with van der Waals surface area (Å²) in [6.45, 7) is 6.79. The summed E-state index contributed by atoms with van der Waals surface area (Å²) in [6.07, 6.45) is -9.54. The van der Waals surface area contributed by atoms with Crippen LogP contribution in [0.4, 0.5) is 22.0 Å². The Balaban J connectivity index is 4.70. The fourth-order valence-electron chi connectivity index (χ4n) is 1.29. The van der Waals surface area contributed by atoms with Crippen molar-refractivity contribution in [1.82, 2.24) is 0 Å². The zero-order valence-corrected chi connectivity index (χ0v) is 13.0. The Kier molecular flexibility index (Phi) is 7.83. The molecule has 0 aromatic heterocycles. The van der Waals surface area contributed by atoms with Crippen molar-refractivity contribution < 1.29 is 49.2 Å². The first kappa shape index (κ1) is 22.3. The van der Waals surface area contributed by atoms with Gasteiger partial charge < -0.3 is 9.47 Å². The van der Waals surface area contributed by atoms with Crippen LogP contribution < -0.4 is 0 Å². The van der Waals surface area contributed by atoms with Crippen LogP contribution in [0.3, 0.4) is 0 Å². The molecule has 0 radical (unpaired) electrons. The van der Waals surface area contributed by atoms with Crippen molar-refractivity contribution in [3.05, 3.63) is 25.0 Å². The average Bonchev–Trinajstić information content (AvgIpc) is 2.41. The topological polar surface area (TPSA) is 89.9 Å². The van der Waals surface area contributed by atoms with Crippen molar-refractivity contribution in [2.24, 2.45) is 0 Å². The van der Waals surface area contributed by atoms with Crippen LogP contribution in [0.25, 0.3) is 0 Å². The van der Waals surface area contributed by atoms with Gasteiger partial charge >= 0.3 is 27.5 Å². The molecule has 1 unspecified atom stereocenters. The highest BCUT2D eigenvalue weighted by atomic mass is 32.2. The number of hydrogen-bond donors (Lipinski definition) is 1. The molecule has 6 nitrogen and oxygen atoms in total. The summed E-state index contributed by atoms with van der Waals surface area (Å²) in [7, 11) is -6.44. The SMILES string of the molecule is C=CC(=C)OCCCCC(=O)OC(C(F)(F)F)C(F)(F)S(=O)(=O)O. The molecule has 0 fully saturated rings. The van der Waals surface area contributed by atoms with Crippen LogP contribution in [0.15, 0.2) is 25.0 Å². The third-order valence-electron chi connectivity index (χ3n) is 2.49. The van der Waals surface area contributed by atoms with Gasteiger partial charge in [0.25, 0.3) is 6.10 Å². The molecule has 1 atom stereocenters. The Morgan fingerprint density at radius 1 is 1.21 bits per heavy atom. The van der Waals surface area contributed by atoms with E-state index >= 15 is 0 Å². The number of allylic oxidation sites excluding steroid dienone is 1. The first-order valence-electron chi connectivity index (χ1n) is 6.28. The summed E-state index contributed by atoms with van der Waals surface area (Å²) >= 11 is 0. The number of alkyl halides is 5. The molecular weight excluding hydrogens is 367 g/mol. The predicted octanol–water partition coefficient (Wildman–Crippen LogP) is 2.83.